The molecule has 148 valence electrons. The number of oxime groups is 1. The summed E-state index contributed by atoms with van der Waals surface area (Å²) in [4.78, 5) is 18.5. The molecule has 6 heteroatoms. The molecule has 0 aliphatic carbocycles. The van der Waals surface area contributed by atoms with Crippen LogP contribution in [0.15, 0.2) is 59.8 Å². The zero-order valence-electron chi connectivity index (χ0n) is 15.9. The number of hydrogen-bond donors (Lipinski definition) is 1. The Kier molecular flexibility index (Phi) is 7.44. The molecule has 3 rings (SSSR count). The number of hydrogen-bond acceptors (Lipinski definition) is 5. The molecule has 1 unspecified atom stereocenters. The van der Waals surface area contributed by atoms with Gasteiger partial charge in [-0.05, 0) is 54.8 Å². The number of piperidine rings is 1. The summed E-state index contributed by atoms with van der Waals surface area (Å²) >= 11 is 0. The molecular weight excluding hydrogens is 356 g/mol. The van der Waals surface area contributed by atoms with Crippen molar-refractivity contribution < 1.29 is 19.5 Å². The lowest BCUT2D eigenvalue weighted by molar-refractivity contribution is -0.143. The van der Waals surface area contributed by atoms with E-state index in [0.29, 0.717) is 26.3 Å². The molecular formula is C22H26N2O4. The predicted molar refractivity (Wildman–Crippen MR) is 108 cm³/mol. The summed E-state index contributed by atoms with van der Waals surface area (Å²) in [5, 5.41) is 13.1. The van der Waals surface area contributed by atoms with Crippen molar-refractivity contribution in [3.8, 4) is 5.75 Å². The molecule has 0 amide bonds. The molecule has 1 heterocycles. The molecule has 1 fully saturated rings. The standard InChI is InChI=1S/C22H26N2O4/c25-22(26)20-7-4-12-24(16-20)13-14-28-23-15-18-8-10-21(11-9-18)27-17-19-5-2-1-3-6-19/h1-3,5-6,8-11,15,20H,4,7,12-14,16-17H2,(H,25,26)/b23-15+. The number of ether oxygens (including phenoxy) is 1. The van der Waals surface area contributed by atoms with Gasteiger partial charge >= 0.3 is 5.97 Å². The van der Waals surface area contributed by atoms with E-state index in [-0.39, 0.29) is 5.92 Å². The Morgan fingerprint density at radius 3 is 2.71 bits per heavy atom. The first kappa shape index (κ1) is 19.9. The number of carboxylic acid groups (broad SMARTS) is 1. The van der Waals surface area contributed by atoms with Crippen molar-refractivity contribution in [2.24, 2.45) is 11.1 Å². The first-order valence-corrected chi connectivity index (χ1v) is 9.58. The van der Waals surface area contributed by atoms with Crippen molar-refractivity contribution in [3.05, 3.63) is 65.7 Å². The number of carbonyl (C=O) groups is 1. The SMILES string of the molecule is O=C(O)C1CCCN(CCO/N=C/c2ccc(OCc3ccccc3)cc2)C1. The Balaban J connectivity index is 1.36. The van der Waals surface area contributed by atoms with Crippen molar-refractivity contribution >= 4 is 12.2 Å². The second kappa shape index (κ2) is 10.5. The third-order valence-electron chi connectivity index (χ3n) is 4.76. The molecule has 1 aliphatic heterocycles. The van der Waals surface area contributed by atoms with E-state index in [1.165, 1.54) is 0 Å². The Morgan fingerprint density at radius 1 is 1.18 bits per heavy atom. The zero-order valence-corrected chi connectivity index (χ0v) is 15.9. The molecule has 0 radical (unpaired) electrons. The van der Waals surface area contributed by atoms with Gasteiger partial charge in [-0.1, -0.05) is 35.5 Å². The van der Waals surface area contributed by atoms with Gasteiger partial charge in [0.2, 0.25) is 0 Å². The molecule has 1 saturated heterocycles. The van der Waals surface area contributed by atoms with Crippen LogP contribution in [0.25, 0.3) is 0 Å². The maximum Gasteiger partial charge on any atom is 0.307 e. The summed E-state index contributed by atoms with van der Waals surface area (Å²) in [6.07, 6.45) is 3.34. The third kappa shape index (κ3) is 6.39. The quantitative estimate of drug-likeness (QED) is 0.409. The van der Waals surface area contributed by atoms with Crippen molar-refractivity contribution in [1.29, 1.82) is 0 Å². The smallest absolute Gasteiger partial charge is 0.307 e. The Labute approximate surface area is 165 Å². The van der Waals surface area contributed by atoms with Gasteiger partial charge in [-0.3, -0.25) is 9.69 Å². The molecule has 0 saturated carbocycles. The van der Waals surface area contributed by atoms with Crippen LogP contribution in [0.5, 0.6) is 5.75 Å². The Hall–Kier alpha value is -2.86. The van der Waals surface area contributed by atoms with Gasteiger partial charge in [0.15, 0.2) is 0 Å². The van der Waals surface area contributed by atoms with Crippen LogP contribution in [0.4, 0.5) is 0 Å². The van der Waals surface area contributed by atoms with Crippen LogP contribution < -0.4 is 4.74 Å². The van der Waals surface area contributed by atoms with Crippen molar-refractivity contribution in [1.82, 2.24) is 4.90 Å². The minimum Gasteiger partial charge on any atom is -0.489 e. The highest BCUT2D eigenvalue weighted by Gasteiger charge is 2.24. The fourth-order valence-electron chi connectivity index (χ4n) is 3.17. The zero-order chi connectivity index (χ0) is 19.6. The molecule has 0 aromatic heterocycles. The number of carboxylic acids is 1. The highest BCUT2D eigenvalue weighted by molar-refractivity contribution is 5.79. The summed E-state index contributed by atoms with van der Waals surface area (Å²) < 4.78 is 5.76. The maximum absolute atomic E-state index is 11.1. The van der Waals surface area contributed by atoms with Gasteiger partial charge in [-0.25, -0.2) is 0 Å². The van der Waals surface area contributed by atoms with E-state index in [2.05, 4.69) is 10.1 Å². The first-order chi connectivity index (χ1) is 13.7. The molecule has 28 heavy (non-hydrogen) atoms. The van der Waals surface area contributed by atoms with Crippen LogP contribution in [-0.2, 0) is 16.2 Å². The summed E-state index contributed by atoms with van der Waals surface area (Å²) in [5.74, 6) is -0.167. The third-order valence-corrected chi connectivity index (χ3v) is 4.76. The van der Waals surface area contributed by atoms with Gasteiger partial charge in [0, 0.05) is 13.1 Å². The van der Waals surface area contributed by atoms with Crippen LogP contribution in [-0.4, -0.2) is 48.4 Å². The summed E-state index contributed by atoms with van der Waals surface area (Å²) in [7, 11) is 0. The van der Waals surface area contributed by atoms with Gasteiger partial charge in [0.1, 0.15) is 19.0 Å². The molecule has 6 nitrogen and oxygen atoms in total. The van der Waals surface area contributed by atoms with E-state index in [1.807, 2.05) is 54.6 Å². The second-order valence-corrected chi connectivity index (χ2v) is 6.89. The molecule has 1 N–H and O–H groups in total. The second-order valence-electron chi connectivity index (χ2n) is 6.89. The minimum atomic E-state index is -0.708. The monoisotopic (exact) mass is 382 g/mol. The van der Waals surface area contributed by atoms with Gasteiger partial charge in [0.05, 0.1) is 12.1 Å². The summed E-state index contributed by atoms with van der Waals surface area (Å²) in [6.45, 7) is 3.18. The van der Waals surface area contributed by atoms with Gasteiger partial charge in [-0.15, -0.1) is 0 Å². The Bertz CT molecular complexity index is 762. The highest BCUT2D eigenvalue weighted by atomic mass is 16.6. The van der Waals surface area contributed by atoms with E-state index < -0.39 is 5.97 Å². The van der Waals surface area contributed by atoms with Crippen molar-refractivity contribution in [2.75, 3.05) is 26.2 Å². The Morgan fingerprint density at radius 2 is 1.96 bits per heavy atom. The topological polar surface area (TPSA) is 71.4 Å². The van der Waals surface area contributed by atoms with Gasteiger partial charge < -0.3 is 14.7 Å². The van der Waals surface area contributed by atoms with E-state index in [9.17, 15) is 4.79 Å². The lowest BCUT2D eigenvalue weighted by atomic mass is 9.98. The number of rotatable bonds is 9. The van der Waals surface area contributed by atoms with Gasteiger partial charge in [0.25, 0.3) is 0 Å². The minimum absolute atomic E-state index is 0.264. The van der Waals surface area contributed by atoms with E-state index in [0.717, 1.165) is 36.3 Å². The number of aliphatic carboxylic acids is 1. The molecule has 1 atom stereocenters. The number of benzene rings is 2. The van der Waals surface area contributed by atoms with Crippen LogP contribution in [0, 0.1) is 5.92 Å². The van der Waals surface area contributed by atoms with E-state index in [1.54, 1.807) is 6.21 Å². The molecule has 0 spiro atoms. The van der Waals surface area contributed by atoms with Crippen molar-refractivity contribution in [2.45, 2.75) is 19.4 Å². The summed E-state index contributed by atoms with van der Waals surface area (Å²) in [5.41, 5.74) is 2.06. The van der Waals surface area contributed by atoms with Crippen molar-refractivity contribution in [3.63, 3.8) is 0 Å². The highest BCUT2D eigenvalue weighted by Crippen LogP contribution is 2.16. The fourth-order valence-corrected chi connectivity index (χ4v) is 3.17. The first-order valence-electron chi connectivity index (χ1n) is 9.58. The number of nitrogens with zero attached hydrogens (tertiary/aromatic N) is 2. The molecule has 0 bridgehead atoms. The van der Waals surface area contributed by atoms with Crippen LogP contribution in [0.3, 0.4) is 0 Å². The largest absolute Gasteiger partial charge is 0.489 e. The van der Waals surface area contributed by atoms with Gasteiger partial charge in [-0.2, -0.15) is 0 Å². The number of likely N-dealkylation sites (tertiary alicyclic amines) is 1. The average Bonchev–Trinajstić information content (AvgIpc) is 2.74. The normalized spacial score (nSPS) is 17.5. The van der Waals surface area contributed by atoms with E-state index >= 15 is 0 Å². The molecule has 2 aromatic carbocycles. The van der Waals surface area contributed by atoms with Crippen LogP contribution in [0.2, 0.25) is 0 Å². The fraction of sp³-hybridized carbons (Fsp3) is 0.364. The lowest BCUT2D eigenvalue weighted by Gasteiger charge is -2.29. The molecule has 2 aromatic rings. The van der Waals surface area contributed by atoms with Crippen LogP contribution >= 0.6 is 0 Å². The van der Waals surface area contributed by atoms with E-state index in [4.69, 9.17) is 14.7 Å². The summed E-state index contributed by atoms with van der Waals surface area (Å²) in [6, 6.07) is 17.7. The lowest BCUT2D eigenvalue weighted by Crippen LogP contribution is -2.40. The molecule has 1 aliphatic rings. The predicted octanol–water partition coefficient (Wildman–Crippen LogP) is 3.41. The maximum atomic E-state index is 11.1. The van der Waals surface area contributed by atoms with Crippen LogP contribution in [0.1, 0.15) is 24.0 Å². The average molecular weight is 382 g/mol.